The fourth-order valence-corrected chi connectivity index (χ4v) is 4.55. The maximum absolute atomic E-state index is 12.7. The highest BCUT2D eigenvalue weighted by Gasteiger charge is 2.15. The molecule has 0 unspecified atom stereocenters. The number of hydrogen-bond acceptors (Lipinski definition) is 6. The maximum atomic E-state index is 12.7. The molecule has 10 heteroatoms. The van der Waals surface area contributed by atoms with Crippen molar-refractivity contribution < 1.29 is 9.90 Å². The van der Waals surface area contributed by atoms with Crippen LogP contribution < -0.4 is 22.3 Å². The minimum Gasteiger partial charge on any atom is -0.508 e. The molecular formula is C27H40N6O4. The summed E-state index contributed by atoms with van der Waals surface area (Å²) in [6, 6.07) is 6.14. The normalized spacial score (nSPS) is 12.2. The molecule has 1 aromatic carbocycles. The summed E-state index contributed by atoms with van der Waals surface area (Å²) >= 11 is 0. The predicted molar refractivity (Wildman–Crippen MR) is 145 cm³/mol. The van der Waals surface area contributed by atoms with Crippen molar-refractivity contribution in [3.05, 3.63) is 57.0 Å². The lowest BCUT2D eigenvalue weighted by Crippen LogP contribution is -2.42. The molecule has 2 aromatic heterocycles. The van der Waals surface area contributed by atoms with E-state index in [2.05, 4.69) is 10.3 Å². The van der Waals surface area contributed by atoms with Crippen LogP contribution in [-0.4, -0.2) is 42.3 Å². The van der Waals surface area contributed by atoms with Crippen molar-refractivity contribution in [2.24, 2.45) is 19.8 Å². The smallest absolute Gasteiger partial charge is 0.332 e. The van der Waals surface area contributed by atoms with Gasteiger partial charge < -0.3 is 20.7 Å². The van der Waals surface area contributed by atoms with Crippen LogP contribution >= 0.6 is 0 Å². The highest BCUT2D eigenvalue weighted by molar-refractivity contribution is 5.81. The molecule has 0 aliphatic rings. The van der Waals surface area contributed by atoms with E-state index in [0.717, 1.165) is 63.4 Å². The van der Waals surface area contributed by atoms with Gasteiger partial charge in [0.25, 0.3) is 5.56 Å². The highest BCUT2D eigenvalue weighted by atomic mass is 16.3. The van der Waals surface area contributed by atoms with Crippen LogP contribution in [0.4, 0.5) is 0 Å². The van der Waals surface area contributed by atoms with Gasteiger partial charge in [-0.2, -0.15) is 0 Å². The number of hydrogen-bond donors (Lipinski definition) is 3. The van der Waals surface area contributed by atoms with E-state index >= 15 is 0 Å². The lowest BCUT2D eigenvalue weighted by molar-refractivity contribution is -0.122. The van der Waals surface area contributed by atoms with Gasteiger partial charge in [-0.25, -0.2) is 9.78 Å². The summed E-state index contributed by atoms with van der Waals surface area (Å²) in [6.07, 6.45) is 11.4. The van der Waals surface area contributed by atoms with Gasteiger partial charge in [-0.15, -0.1) is 0 Å². The molecule has 0 saturated carbocycles. The van der Waals surface area contributed by atoms with E-state index in [4.69, 9.17) is 5.73 Å². The molecular weight excluding hydrogens is 472 g/mol. The largest absolute Gasteiger partial charge is 0.508 e. The molecule has 0 spiro atoms. The Kier molecular flexibility index (Phi) is 10.5. The zero-order chi connectivity index (χ0) is 26.8. The number of amides is 1. The number of nitrogens with zero attached hydrogens (tertiary/aromatic N) is 4. The summed E-state index contributed by atoms with van der Waals surface area (Å²) in [6.45, 7) is 1.06. The monoisotopic (exact) mass is 512 g/mol. The summed E-state index contributed by atoms with van der Waals surface area (Å²) in [5.41, 5.74) is 7.20. The maximum Gasteiger partial charge on any atom is 0.332 e. The Balaban J connectivity index is 1.21. The van der Waals surface area contributed by atoms with Crippen LogP contribution in [0.2, 0.25) is 0 Å². The van der Waals surface area contributed by atoms with Gasteiger partial charge in [0.05, 0.1) is 12.4 Å². The van der Waals surface area contributed by atoms with Crippen molar-refractivity contribution in [1.29, 1.82) is 0 Å². The molecule has 2 heterocycles. The molecule has 10 nitrogen and oxygen atoms in total. The van der Waals surface area contributed by atoms with Crippen molar-refractivity contribution >= 4 is 17.1 Å². The number of nitrogens with one attached hydrogen (secondary N) is 1. The van der Waals surface area contributed by atoms with Gasteiger partial charge in [-0.1, -0.05) is 57.1 Å². The second-order valence-electron chi connectivity index (χ2n) is 9.78. The number of aromatic nitrogens is 4. The quantitative estimate of drug-likeness (QED) is 0.267. The molecule has 0 fully saturated rings. The van der Waals surface area contributed by atoms with E-state index in [0.29, 0.717) is 30.7 Å². The molecule has 3 aromatic rings. The Morgan fingerprint density at radius 1 is 0.973 bits per heavy atom. The number of carbonyl (C=O) groups excluding carboxylic acids is 1. The zero-order valence-electron chi connectivity index (χ0n) is 22.0. The number of phenolic OH excluding ortho intramolecular Hbond substituents is 1. The molecule has 0 aliphatic heterocycles. The number of unbranched alkanes of at least 4 members (excludes halogenated alkanes) is 8. The van der Waals surface area contributed by atoms with Crippen LogP contribution in [-0.2, 0) is 31.9 Å². The third kappa shape index (κ3) is 7.79. The van der Waals surface area contributed by atoms with Crippen molar-refractivity contribution in [2.75, 3.05) is 6.54 Å². The molecule has 202 valence electrons. The average molecular weight is 513 g/mol. The molecule has 1 atom stereocenters. The molecule has 0 aliphatic carbocycles. The Labute approximate surface area is 217 Å². The lowest BCUT2D eigenvalue weighted by Gasteiger charge is -2.12. The van der Waals surface area contributed by atoms with Crippen LogP contribution in [0.25, 0.3) is 11.2 Å². The number of aromatic hydroxyl groups is 1. The molecule has 0 radical (unpaired) electrons. The molecule has 37 heavy (non-hydrogen) atoms. The molecule has 0 bridgehead atoms. The fraction of sp³-hybridized carbons (Fsp3) is 0.556. The van der Waals surface area contributed by atoms with Gasteiger partial charge in [0.15, 0.2) is 11.2 Å². The summed E-state index contributed by atoms with van der Waals surface area (Å²) in [4.78, 5) is 41.5. The number of aryl methyl sites for hydroxylation is 2. The molecule has 4 N–H and O–H groups in total. The van der Waals surface area contributed by atoms with E-state index in [1.54, 1.807) is 49.3 Å². The van der Waals surface area contributed by atoms with E-state index in [1.807, 2.05) is 0 Å². The number of carbonyl (C=O) groups is 1. The minimum atomic E-state index is -0.593. The van der Waals surface area contributed by atoms with Gasteiger partial charge in [0.2, 0.25) is 5.91 Å². The number of rotatable bonds is 15. The standard InChI is InChI=1S/C27H40N6O4/c1-31-19-30-24-23(31)26(36)33(27(37)32(24)2)17-11-9-7-5-3-4-6-8-10-16-29-25(35)22(28)18-20-12-14-21(34)15-13-20/h12-15,19,22,34H,3-11,16-18,28H2,1-2H3,(H,29,35)/t22-/m0/s1. The number of phenols is 1. The van der Waals surface area contributed by atoms with E-state index in [-0.39, 0.29) is 22.9 Å². The van der Waals surface area contributed by atoms with Gasteiger partial charge in [-0.3, -0.25) is 18.7 Å². The predicted octanol–water partition coefficient (Wildman–Crippen LogP) is 2.34. The Morgan fingerprint density at radius 3 is 2.22 bits per heavy atom. The van der Waals surface area contributed by atoms with Crippen LogP contribution in [0.1, 0.15) is 63.4 Å². The van der Waals surface area contributed by atoms with Crippen LogP contribution in [0.5, 0.6) is 5.75 Å². The minimum absolute atomic E-state index is 0.145. The summed E-state index contributed by atoms with van der Waals surface area (Å²) in [7, 11) is 3.41. The summed E-state index contributed by atoms with van der Waals surface area (Å²) < 4.78 is 4.42. The second-order valence-corrected chi connectivity index (χ2v) is 9.78. The fourth-order valence-electron chi connectivity index (χ4n) is 4.55. The molecule has 3 rings (SSSR count). The Hall–Kier alpha value is -3.40. The Bertz CT molecular complexity index is 1280. The first kappa shape index (κ1) is 28.2. The Morgan fingerprint density at radius 2 is 1.57 bits per heavy atom. The first-order valence-corrected chi connectivity index (χ1v) is 13.2. The average Bonchev–Trinajstić information content (AvgIpc) is 3.27. The van der Waals surface area contributed by atoms with Crippen molar-refractivity contribution in [2.45, 2.75) is 76.8 Å². The van der Waals surface area contributed by atoms with Crippen molar-refractivity contribution in [3.63, 3.8) is 0 Å². The van der Waals surface area contributed by atoms with Crippen molar-refractivity contribution in [3.8, 4) is 5.75 Å². The molecule has 0 saturated heterocycles. The highest BCUT2D eigenvalue weighted by Crippen LogP contribution is 2.12. The first-order valence-electron chi connectivity index (χ1n) is 13.2. The number of nitrogens with two attached hydrogens (primary N) is 1. The first-order chi connectivity index (χ1) is 17.8. The molecule has 1 amide bonds. The van der Waals surface area contributed by atoms with Gasteiger partial charge in [-0.05, 0) is 37.0 Å². The summed E-state index contributed by atoms with van der Waals surface area (Å²) in [5.74, 6) is 0.0523. The van der Waals surface area contributed by atoms with Crippen LogP contribution in [0.15, 0.2) is 40.2 Å². The van der Waals surface area contributed by atoms with E-state index in [9.17, 15) is 19.5 Å². The van der Waals surface area contributed by atoms with Gasteiger partial charge >= 0.3 is 5.69 Å². The van der Waals surface area contributed by atoms with Gasteiger partial charge in [0.1, 0.15) is 5.75 Å². The van der Waals surface area contributed by atoms with Crippen LogP contribution in [0, 0.1) is 0 Å². The lowest BCUT2D eigenvalue weighted by atomic mass is 10.1. The zero-order valence-corrected chi connectivity index (χ0v) is 22.0. The number of imidazole rings is 1. The SMILES string of the molecule is Cn1cnc2c1c(=O)n(CCCCCCCCCCCNC(=O)[C@@H](N)Cc1ccc(O)cc1)c(=O)n2C. The van der Waals surface area contributed by atoms with E-state index in [1.165, 1.54) is 9.13 Å². The van der Waals surface area contributed by atoms with Gasteiger partial charge in [0, 0.05) is 27.2 Å². The third-order valence-corrected chi connectivity index (χ3v) is 6.79. The third-order valence-electron chi connectivity index (χ3n) is 6.79. The number of benzene rings is 1. The second kappa shape index (κ2) is 13.8. The summed E-state index contributed by atoms with van der Waals surface area (Å²) in [5, 5.41) is 12.2. The van der Waals surface area contributed by atoms with E-state index < -0.39 is 6.04 Å². The van der Waals surface area contributed by atoms with Crippen molar-refractivity contribution in [1.82, 2.24) is 24.0 Å². The van der Waals surface area contributed by atoms with Crippen LogP contribution in [0.3, 0.4) is 0 Å². The number of fused-ring (bicyclic) bond motifs is 1. The topological polar surface area (TPSA) is 137 Å².